The smallest absolute Gasteiger partial charge is 0.313 e. The van der Waals surface area contributed by atoms with E-state index in [0.717, 1.165) is 11.3 Å². The van der Waals surface area contributed by atoms with E-state index < -0.39 is 0 Å². The molecule has 116 valence electrons. The highest BCUT2D eigenvalue weighted by Crippen LogP contribution is 2.18. The molecule has 5 nitrogen and oxygen atoms in total. The van der Waals surface area contributed by atoms with Crippen LogP contribution >= 0.6 is 0 Å². The number of carbonyl (C=O) groups excluding carboxylic acids is 1. The van der Waals surface area contributed by atoms with Crippen molar-refractivity contribution in [1.29, 1.82) is 0 Å². The van der Waals surface area contributed by atoms with Crippen molar-refractivity contribution in [2.45, 2.75) is 13.3 Å². The molecule has 0 spiro atoms. The minimum Gasteiger partial charge on any atom is -0.466 e. The number of hydrogen-bond donors (Lipinski definition) is 0. The van der Waals surface area contributed by atoms with Crippen LogP contribution < -0.4 is 0 Å². The SMILES string of the molecule is CCOC(=O)Cc1nc(-c2ccccc2)nn1-c1ccccc1. The predicted molar refractivity (Wildman–Crippen MR) is 87.1 cm³/mol. The first kappa shape index (κ1) is 15.0. The van der Waals surface area contributed by atoms with Gasteiger partial charge in [-0.25, -0.2) is 9.67 Å². The third-order valence-electron chi connectivity index (χ3n) is 3.31. The van der Waals surface area contributed by atoms with E-state index in [0.29, 0.717) is 18.3 Å². The molecular weight excluding hydrogens is 290 g/mol. The lowest BCUT2D eigenvalue weighted by molar-refractivity contribution is -0.142. The summed E-state index contributed by atoms with van der Waals surface area (Å²) in [5.74, 6) is 0.846. The lowest BCUT2D eigenvalue weighted by Crippen LogP contribution is -2.12. The monoisotopic (exact) mass is 307 g/mol. The molecule has 0 unspecified atom stereocenters. The minimum atomic E-state index is -0.309. The number of benzene rings is 2. The molecule has 0 saturated carbocycles. The van der Waals surface area contributed by atoms with Gasteiger partial charge in [0.1, 0.15) is 12.2 Å². The topological polar surface area (TPSA) is 57.0 Å². The number of nitrogens with zero attached hydrogens (tertiary/aromatic N) is 3. The lowest BCUT2D eigenvalue weighted by Gasteiger charge is -2.05. The quantitative estimate of drug-likeness (QED) is 0.680. The number of ether oxygens (including phenoxy) is 1. The fraction of sp³-hybridized carbons (Fsp3) is 0.167. The van der Waals surface area contributed by atoms with E-state index in [1.807, 2.05) is 60.7 Å². The Morgan fingerprint density at radius 2 is 1.70 bits per heavy atom. The summed E-state index contributed by atoms with van der Waals surface area (Å²) in [4.78, 5) is 16.4. The van der Waals surface area contributed by atoms with Gasteiger partial charge in [-0.15, -0.1) is 5.10 Å². The second-order valence-electron chi connectivity index (χ2n) is 4.95. The van der Waals surface area contributed by atoms with Gasteiger partial charge in [0.2, 0.25) is 0 Å². The highest BCUT2D eigenvalue weighted by molar-refractivity contribution is 5.72. The van der Waals surface area contributed by atoms with E-state index in [1.54, 1.807) is 11.6 Å². The number of hydrogen-bond acceptors (Lipinski definition) is 4. The molecule has 3 aromatic rings. The van der Waals surface area contributed by atoms with Crippen LogP contribution in [0.4, 0.5) is 0 Å². The van der Waals surface area contributed by atoms with Crippen molar-refractivity contribution in [1.82, 2.24) is 14.8 Å². The molecule has 1 heterocycles. The van der Waals surface area contributed by atoms with Crippen LogP contribution in [0.15, 0.2) is 60.7 Å². The zero-order valence-corrected chi connectivity index (χ0v) is 12.8. The molecule has 0 amide bonds. The molecule has 0 bridgehead atoms. The van der Waals surface area contributed by atoms with Crippen LogP contribution in [0.1, 0.15) is 12.7 Å². The Bertz CT molecular complexity index is 783. The van der Waals surface area contributed by atoms with Crippen molar-refractivity contribution in [2.24, 2.45) is 0 Å². The van der Waals surface area contributed by atoms with Gasteiger partial charge in [-0.1, -0.05) is 48.5 Å². The summed E-state index contributed by atoms with van der Waals surface area (Å²) in [6, 6.07) is 19.3. The predicted octanol–water partition coefficient (Wildman–Crippen LogP) is 3.04. The molecule has 5 heteroatoms. The second kappa shape index (κ2) is 6.87. The average Bonchev–Trinajstić information content (AvgIpc) is 3.00. The number of carbonyl (C=O) groups is 1. The molecular formula is C18H17N3O2. The standard InChI is InChI=1S/C18H17N3O2/c1-2-23-17(22)13-16-19-18(14-9-5-3-6-10-14)20-21(16)15-11-7-4-8-12-15/h3-12H,2,13H2,1H3. The molecule has 0 aliphatic carbocycles. The molecule has 0 fully saturated rings. The minimum absolute atomic E-state index is 0.0859. The molecule has 3 rings (SSSR count). The molecule has 0 aliphatic heterocycles. The molecule has 23 heavy (non-hydrogen) atoms. The first-order chi connectivity index (χ1) is 11.3. The lowest BCUT2D eigenvalue weighted by atomic mass is 10.2. The van der Waals surface area contributed by atoms with Crippen LogP contribution in [0.2, 0.25) is 0 Å². The summed E-state index contributed by atoms with van der Waals surface area (Å²) in [7, 11) is 0. The van der Waals surface area contributed by atoms with Crippen molar-refractivity contribution in [3.63, 3.8) is 0 Å². The second-order valence-corrected chi connectivity index (χ2v) is 4.95. The zero-order chi connectivity index (χ0) is 16.1. The van der Waals surface area contributed by atoms with Crippen molar-refractivity contribution in [2.75, 3.05) is 6.61 Å². The van der Waals surface area contributed by atoms with E-state index in [9.17, 15) is 4.79 Å². The van der Waals surface area contributed by atoms with Crippen LogP contribution in [-0.4, -0.2) is 27.3 Å². The highest BCUT2D eigenvalue weighted by Gasteiger charge is 2.16. The summed E-state index contributed by atoms with van der Waals surface area (Å²) >= 11 is 0. The van der Waals surface area contributed by atoms with Gasteiger partial charge in [0.15, 0.2) is 5.82 Å². The van der Waals surface area contributed by atoms with Gasteiger partial charge < -0.3 is 4.74 Å². The first-order valence-electron chi connectivity index (χ1n) is 7.50. The molecule has 0 atom stereocenters. The van der Waals surface area contributed by atoms with Gasteiger partial charge in [-0.3, -0.25) is 4.79 Å². The van der Waals surface area contributed by atoms with Crippen LogP contribution in [0, 0.1) is 0 Å². The van der Waals surface area contributed by atoms with Crippen LogP contribution in [0.25, 0.3) is 17.1 Å². The van der Waals surface area contributed by atoms with Gasteiger partial charge in [-0.2, -0.15) is 0 Å². The summed E-state index contributed by atoms with van der Waals surface area (Å²) < 4.78 is 6.73. The maximum absolute atomic E-state index is 11.8. The largest absolute Gasteiger partial charge is 0.466 e. The maximum atomic E-state index is 11.8. The Labute approximate surface area is 134 Å². The van der Waals surface area contributed by atoms with Crippen LogP contribution in [0.5, 0.6) is 0 Å². The van der Waals surface area contributed by atoms with Crippen LogP contribution in [0.3, 0.4) is 0 Å². The Balaban J connectivity index is 2.02. The van der Waals surface area contributed by atoms with Gasteiger partial charge in [0.05, 0.1) is 12.3 Å². The normalized spacial score (nSPS) is 10.5. The fourth-order valence-corrected chi connectivity index (χ4v) is 2.29. The Kier molecular flexibility index (Phi) is 4.47. The number of esters is 1. The molecule has 0 aliphatic rings. The Morgan fingerprint density at radius 3 is 2.35 bits per heavy atom. The van der Waals surface area contributed by atoms with Crippen molar-refractivity contribution >= 4 is 5.97 Å². The number of aromatic nitrogens is 3. The van der Waals surface area contributed by atoms with Crippen molar-refractivity contribution in [3.8, 4) is 17.1 Å². The zero-order valence-electron chi connectivity index (χ0n) is 12.8. The number of para-hydroxylation sites is 1. The Morgan fingerprint density at radius 1 is 1.04 bits per heavy atom. The maximum Gasteiger partial charge on any atom is 0.313 e. The summed E-state index contributed by atoms with van der Waals surface area (Å²) in [6.45, 7) is 2.14. The molecule has 2 aromatic carbocycles. The molecule has 1 aromatic heterocycles. The Hall–Kier alpha value is -2.95. The summed E-state index contributed by atoms with van der Waals surface area (Å²) in [5, 5.41) is 4.56. The van der Waals surface area contributed by atoms with E-state index in [-0.39, 0.29) is 12.4 Å². The fourth-order valence-electron chi connectivity index (χ4n) is 2.29. The van der Waals surface area contributed by atoms with Gasteiger partial charge in [-0.05, 0) is 19.1 Å². The van der Waals surface area contributed by atoms with Gasteiger partial charge >= 0.3 is 5.97 Å². The third-order valence-corrected chi connectivity index (χ3v) is 3.31. The van der Waals surface area contributed by atoms with E-state index in [4.69, 9.17) is 4.74 Å². The summed E-state index contributed by atoms with van der Waals surface area (Å²) in [5.41, 5.74) is 1.77. The summed E-state index contributed by atoms with van der Waals surface area (Å²) in [6.07, 6.45) is 0.0859. The van der Waals surface area contributed by atoms with Crippen molar-refractivity contribution < 1.29 is 9.53 Å². The number of rotatable bonds is 5. The van der Waals surface area contributed by atoms with E-state index >= 15 is 0 Å². The average molecular weight is 307 g/mol. The molecule has 0 radical (unpaired) electrons. The van der Waals surface area contributed by atoms with Gasteiger partial charge in [0.25, 0.3) is 0 Å². The molecule has 0 saturated heterocycles. The third kappa shape index (κ3) is 3.45. The van der Waals surface area contributed by atoms with E-state index in [1.165, 1.54) is 0 Å². The van der Waals surface area contributed by atoms with E-state index in [2.05, 4.69) is 10.1 Å². The van der Waals surface area contributed by atoms with Crippen LogP contribution in [-0.2, 0) is 16.0 Å². The molecule has 0 N–H and O–H groups in total. The van der Waals surface area contributed by atoms with Crippen molar-refractivity contribution in [3.05, 3.63) is 66.5 Å². The first-order valence-corrected chi connectivity index (χ1v) is 7.50. The van der Waals surface area contributed by atoms with Gasteiger partial charge in [0, 0.05) is 5.56 Å². The highest BCUT2D eigenvalue weighted by atomic mass is 16.5.